The van der Waals surface area contributed by atoms with Gasteiger partial charge < -0.3 is 10.3 Å². The molecule has 0 aromatic carbocycles. The van der Waals surface area contributed by atoms with Crippen LogP contribution in [0.4, 0.5) is 0 Å². The molecule has 1 aliphatic rings. The van der Waals surface area contributed by atoms with Crippen LogP contribution in [0.2, 0.25) is 0 Å². The van der Waals surface area contributed by atoms with E-state index < -0.39 is 0 Å². The van der Waals surface area contributed by atoms with Crippen LogP contribution in [-0.2, 0) is 6.42 Å². The minimum Gasteiger partial charge on any atom is -0.339 e. The van der Waals surface area contributed by atoms with Crippen molar-refractivity contribution in [2.24, 2.45) is 11.7 Å². The van der Waals surface area contributed by atoms with Gasteiger partial charge in [0.1, 0.15) is 0 Å². The quantitative estimate of drug-likeness (QED) is 0.767. The second-order valence-electron chi connectivity index (χ2n) is 5.80. The molecule has 2 rings (SSSR count). The second kappa shape index (κ2) is 7.63. The number of aryl methyl sites for hydroxylation is 1. The third-order valence-corrected chi connectivity index (χ3v) is 4.24. The van der Waals surface area contributed by atoms with E-state index in [0.29, 0.717) is 5.92 Å². The predicted octanol–water partition coefficient (Wildman–Crippen LogP) is 3.42. The zero-order valence-corrected chi connectivity index (χ0v) is 12.1. The third-order valence-electron chi connectivity index (χ3n) is 4.24. The Labute approximate surface area is 116 Å². The molecule has 0 spiro atoms. The molecule has 0 amide bonds. The van der Waals surface area contributed by atoms with Crippen LogP contribution in [0.25, 0.3) is 0 Å². The number of hydrogen-bond donors (Lipinski definition) is 1. The standard InChI is InChI=1S/C15H27N3O/c1-2-5-12-7-9-13(10-8-12)15-17-14(19-18-15)6-3-4-11-16/h12-13H,2-11,16H2,1H3. The highest BCUT2D eigenvalue weighted by Gasteiger charge is 2.25. The van der Waals surface area contributed by atoms with Gasteiger partial charge in [-0.15, -0.1) is 0 Å². The summed E-state index contributed by atoms with van der Waals surface area (Å²) >= 11 is 0. The van der Waals surface area contributed by atoms with Crippen molar-refractivity contribution in [1.82, 2.24) is 10.1 Å². The molecule has 0 bridgehead atoms. The van der Waals surface area contributed by atoms with Crippen molar-refractivity contribution in [3.05, 3.63) is 11.7 Å². The van der Waals surface area contributed by atoms with Gasteiger partial charge >= 0.3 is 0 Å². The summed E-state index contributed by atoms with van der Waals surface area (Å²) in [6, 6.07) is 0. The molecule has 19 heavy (non-hydrogen) atoms. The smallest absolute Gasteiger partial charge is 0.226 e. The number of unbranched alkanes of at least 4 members (excludes halogenated alkanes) is 1. The zero-order chi connectivity index (χ0) is 13.5. The summed E-state index contributed by atoms with van der Waals surface area (Å²) in [5.41, 5.74) is 5.49. The fourth-order valence-electron chi connectivity index (χ4n) is 3.07. The maximum absolute atomic E-state index is 5.49. The Balaban J connectivity index is 1.79. The van der Waals surface area contributed by atoms with E-state index in [4.69, 9.17) is 10.3 Å². The first kappa shape index (κ1) is 14.5. The lowest BCUT2D eigenvalue weighted by atomic mass is 9.80. The van der Waals surface area contributed by atoms with Crippen molar-refractivity contribution < 1.29 is 4.52 Å². The summed E-state index contributed by atoms with van der Waals surface area (Å²) in [5, 5.41) is 4.17. The molecule has 1 aliphatic carbocycles. The molecular weight excluding hydrogens is 238 g/mol. The van der Waals surface area contributed by atoms with Crippen LogP contribution in [0.15, 0.2) is 4.52 Å². The molecule has 1 heterocycles. The SMILES string of the molecule is CCCC1CCC(c2noc(CCCCN)n2)CC1. The van der Waals surface area contributed by atoms with Gasteiger partial charge in [-0.3, -0.25) is 0 Å². The normalized spacial score (nSPS) is 23.7. The molecule has 0 saturated heterocycles. The Kier molecular flexibility index (Phi) is 5.83. The fraction of sp³-hybridized carbons (Fsp3) is 0.867. The lowest BCUT2D eigenvalue weighted by Gasteiger charge is -2.26. The molecule has 0 aliphatic heterocycles. The number of aromatic nitrogens is 2. The number of hydrogen-bond acceptors (Lipinski definition) is 4. The lowest BCUT2D eigenvalue weighted by molar-refractivity contribution is 0.294. The van der Waals surface area contributed by atoms with Crippen LogP contribution in [0.1, 0.15) is 75.9 Å². The van der Waals surface area contributed by atoms with Gasteiger partial charge in [-0.05, 0) is 51.0 Å². The topological polar surface area (TPSA) is 64.9 Å². The summed E-state index contributed by atoms with van der Waals surface area (Å²) < 4.78 is 5.34. The molecule has 2 N–H and O–H groups in total. The Hall–Kier alpha value is -0.900. The molecule has 4 heteroatoms. The molecule has 1 aromatic heterocycles. The predicted molar refractivity (Wildman–Crippen MR) is 75.9 cm³/mol. The molecule has 1 fully saturated rings. The van der Waals surface area contributed by atoms with Crippen LogP contribution in [0, 0.1) is 5.92 Å². The average Bonchev–Trinajstić information content (AvgIpc) is 2.89. The first-order valence-corrected chi connectivity index (χ1v) is 7.86. The molecule has 108 valence electrons. The van der Waals surface area contributed by atoms with Gasteiger partial charge in [0, 0.05) is 12.3 Å². The number of nitrogens with two attached hydrogens (primary N) is 1. The molecule has 0 radical (unpaired) electrons. The minimum absolute atomic E-state index is 0.528. The van der Waals surface area contributed by atoms with Crippen LogP contribution in [0.5, 0.6) is 0 Å². The van der Waals surface area contributed by atoms with Crippen LogP contribution >= 0.6 is 0 Å². The van der Waals surface area contributed by atoms with Gasteiger partial charge in [-0.2, -0.15) is 4.98 Å². The highest BCUT2D eigenvalue weighted by Crippen LogP contribution is 2.36. The summed E-state index contributed by atoms with van der Waals surface area (Å²) in [4.78, 5) is 4.56. The van der Waals surface area contributed by atoms with Gasteiger partial charge in [-0.1, -0.05) is 24.9 Å². The van der Waals surface area contributed by atoms with Crippen molar-refractivity contribution in [3.8, 4) is 0 Å². The van der Waals surface area contributed by atoms with Gasteiger partial charge in [0.2, 0.25) is 5.89 Å². The second-order valence-corrected chi connectivity index (χ2v) is 5.80. The zero-order valence-electron chi connectivity index (χ0n) is 12.1. The van der Waals surface area contributed by atoms with Crippen molar-refractivity contribution >= 4 is 0 Å². The van der Waals surface area contributed by atoms with Gasteiger partial charge in [0.15, 0.2) is 5.82 Å². The average molecular weight is 265 g/mol. The summed E-state index contributed by atoms with van der Waals surface area (Å²) in [7, 11) is 0. The van der Waals surface area contributed by atoms with Crippen molar-refractivity contribution in [2.45, 2.75) is 70.6 Å². The van der Waals surface area contributed by atoms with Crippen LogP contribution in [0.3, 0.4) is 0 Å². The Morgan fingerprint density at radius 2 is 2.00 bits per heavy atom. The summed E-state index contributed by atoms with van der Waals surface area (Å²) in [6.07, 6.45) is 10.7. The largest absolute Gasteiger partial charge is 0.339 e. The molecule has 0 unspecified atom stereocenters. The van der Waals surface area contributed by atoms with E-state index in [1.807, 2.05) is 0 Å². The van der Waals surface area contributed by atoms with Gasteiger partial charge in [0.25, 0.3) is 0 Å². The molecule has 1 saturated carbocycles. The van der Waals surface area contributed by atoms with Crippen molar-refractivity contribution in [1.29, 1.82) is 0 Å². The Bertz CT molecular complexity index is 356. The van der Waals surface area contributed by atoms with E-state index in [2.05, 4.69) is 17.1 Å². The highest BCUT2D eigenvalue weighted by molar-refractivity contribution is 4.97. The van der Waals surface area contributed by atoms with E-state index in [9.17, 15) is 0 Å². The Morgan fingerprint density at radius 3 is 2.68 bits per heavy atom. The highest BCUT2D eigenvalue weighted by atomic mass is 16.5. The van der Waals surface area contributed by atoms with Crippen LogP contribution in [-0.4, -0.2) is 16.7 Å². The van der Waals surface area contributed by atoms with Crippen molar-refractivity contribution in [2.75, 3.05) is 6.54 Å². The first-order valence-electron chi connectivity index (χ1n) is 7.86. The van der Waals surface area contributed by atoms with E-state index in [-0.39, 0.29) is 0 Å². The summed E-state index contributed by atoms with van der Waals surface area (Å²) in [5.74, 6) is 3.19. The Morgan fingerprint density at radius 1 is 1.21 bits per heavy atom. The maximum atomic E-state index is 5.49. The number of rotatable bonds is 7. The first-order chi connectivity index (χ1) is 9.33. The fourth-order valence-corrected chi connectivity index (χ4v) is 3.07. The van der Waals surface area contributed by atoms with Gasteiger partial charge in [-0.25, -0.2) is 0 Å². The lowest BCUT2D eigenvalue weighted by Crippen LogP contribution is -2.14. The molecule has 1 aromatic rings. The number of nitrogens with zero attached hydrogens (tertiary/aromatic N) is 2. The van der Waals surface area contributed by atoms with Crippen LogP contribution < -0.4 is 5.73 Å². The van der Waals surface area contributed by atoms with E-state index in [1.165, 1.54) is 38.5 Å². The molecule has 0 atom stereocenters. The minimum atomic E-state index is 0.528. The molecule has 4 nitrogen and oxygen atoms in total. The molecular formula is C15H27N3O. The van der Waals surface area contributed by atoms with E-state index in [0.717, 1.165) is 43.4 Å². The van der Waals surface area contributed by atoms with Crippen molar-refractivity contribution in [3.63, 3.8) is 0 Å². The monoisotopic (exact) mass is 265 g/mol. The summed E-state index contributed by atoms with van der Waals surface area (Å²) in [6.45, 7) is 3.02. The van der Waals surface area contributed by atoms with E-state index in [1.54, 1.807) is 0 Å². The maximum Gasteiger partial charge on any atom is 0.226 e. The third kappa shape index (κ3) is 4.30. The van der Waals surface area contributed by atoms with E-state index >= 15 is 0 Å². The van der Waals surface area contributed by atoms with Gasteiger partial charge in [0.05, 0.1) is 0 Å².